The van der Waals surface area contributed by atoms with Gasteiger partial charge in [-0.25, -0.2) is 0 Å². The summed E-state index contributed by atoms with van der Waals surface area (Å²) in [5, 5.41) is 0. The fourth-order valence-corrected chi connectivity index (χ4v) is 2.40. The zero-order valence-corrected chi connectivity index (χ0v) is 11.1. The fraction of sp³-hybridized carbons (Fsp3) is 0.929. The molecule has 0 radical (unpaired) electrons. The van der Waals surface area contributed by atoms with Crippen molar-refractivity contribution in [1.82, 2.24) is 0 Å². The molecule has 0 unspecified atom stereocenters. The predicted octanol–water partition coefficient (Wildman–Crippen LogP) is 3.73. The van der Waals surface area contributed by atoms with Crippen LogP contribution in [0.5, 0.6) is 0 Å². The van der Waals surface area contributed by atoms with Crippen LogP contribution < -0.4 is 0 Å². The lowest BCUT2D eigenvalue weighted by molar-refractivity contribution is -0.135. The Balaban J connectivity index is 2.38. The van der Waals surface area contributed by atoms with Crippen LogP contribution in [0, 0.1) is 5.92 Å². The van der Waals surface area contributed by atoms with Crippen LogP contribution >= 0.6 is 0 Å². The van der Waals surface area contributed by atoms with E-state index in [2.05, 4.69) is 20.8 Å². The quantitative estimate of drug-likeness (QED) is 0.645. The van der Waals surface area contributed by atoms with E-state index in [1.165, 1.54) is 12.8 Å². The van der Waals surface area contributed by atoms with Gasteiger partial charge < -0.3 is 4.74 Å². The lowest BCUT2D eigenvalue weighted by atomic mass is 9.82. The van der Waals surface area contributed by atoms with E-state index < -0.39 is 0 Å². The van der Waals surface area contributed by atoms with E-state index in [0.717, 1.165) is 38.7 Å². The topological polar surface area (TPSA) is 26.3 Å². The minimum Gasteiger partial charge on any atom is -0.375 e. The summed E-state index contributed by atoms with van der Waals surface area (Å²) in [5.41, 5.74) is -0.0522. The van der Waals surface area contributed by atoms with Crippen LogP contribution in [-0.4, -0.2) is 18.0 Å². The molecule has 16 heavy (non-hydrogen) atoms. The Morgan fingerprint density at radius 2 is 2.12 bits per heavy atom. The zero-order valence-electron chi connectivity index (χ0n) is 11.1. The van der Waals surface area contributed by atoms with Gasteiger partial charge in [-0.1, -0.05) is 26.7 Å². The molecule has 0 spiro atoms. The molecule has 1 heterocycles. The van der Waals surface area contributed by atoms with Crippen LogP contribution in [0.25, 0.3) is 0 Å². The molecule has 1 aliphatic rings. The molecule has 2 nitrogen and oxygen atoms in total. The maximum absolute atomic E-state index is 12.0. The first kappa shape index (κ1) is 13.7. The third-order valence-electron chi connectivity index (χ3n) is 3.82. The summed E-state index contributed by atoms with van der Waals surface area (Å²) in [4.78, 5) is 12.0. The van der Waals surface area contributed by atoms with Gasteiger partial charge in [0.25, 0.3) is 0 Å². The summed E-state index contributed by atoms with van der Waals surface area (Å²) in [7, 11) is 0. The Morgan fingerprint density at radius 3 is 2.75 bits per heavy atom. The molecule has 0 N–H and O–H groups in total. The second-order valence-corrected chi connectivity index (χ2v) is 5.27. The minimum absolute atomic E-state index is 0.0522. The second kappa shape index (κ2) is 6.39. The third-order valence-corrected chi connectivity index (χ3v) is 3.82. The molecule has 0 bridgehead atoms. The predicted molar refractivity (Wildman–Crippen MR) is 66.5 cm³/mol. The van der Waals surface area contributed by atoms with Crippen LogP contribution in [0.15, 0.2) is 0 Å². The molecule has 0 aromatic heterocycles. The molecule has 0 amide bonds. The number of ketones is 1. The zero-order chi connectivity index (χ0) is 12.0. The SMILES string of the molecule is CCCCCC(=O)[C@H]1CCO[C@@](C)(CC)C1. The molecule has 1 aliphatic heterocycles. The van der Waals surface area contributed by atoms with Gasteiger partial charge in [-0.15, -0.1) is 0 Å². The Bertz CT molecular complexity index is 225. The first-order valence-corrected chi connectivity index (χ1v) is 6.78. The van der Waals surface area contributed by atoms with Gasteiger partial charge in [0.1, 0.15) is 5.78 Å². The summed E-state index contributed by atoms with van der Waals surface area (Å²) in [6.07, 6.45) is 7.07. The largest absolute Gasteiger partial charge is 0.375 e. The number of hydrogen-bond donors (Lipinski definition) is 0. The van der Waals surface area contributed by atoms with Gasteiger partial charge in [-0.05, 0) is 32.6 Å². The van der Waals surface area contributed by atoms with Gasteiger partial charge in [0.2, 0.25) is 0 Å². The van der Waals surface area contributed by atoms with E-state index in [4.69, 9.17) is 4.74 Å². The summed E-state index contributed by atoms with van der Waals surface area (Å²) in [6.45, 7) is 7.21. The van der Waals surface area contributed by atoms with Crippen molar-refractivity contribution in [2.75, 3.05) is 6.61 Å². The third kappa shape index (κ3) is 3.89. The number of ether oxygens (including phenoxy) is 1. The van der Waals surface area contributed by atoms with Crippen molar-refractivity contribution >= 4 is 5.78 Å². The summed E-state index contributed by atoms with van der Waals surface area (Å²) in [6, 6.07) is 0. The van der Waals surface area contributed by atoms with Gasteiger partial charge in [0.15, 0.2) is 0 Å². The molecule has 0 aromatic rings. The smallest absolute Gasteiger partial charge is 0.136 e. The Morgan fingerprint density at radius 1 is 1.38 bits per heavy atom. The number of hydrogen-bond acceptors (Lipinski definition) is 2. The number of unbranched alkanes of at least 4 members (excludes halogenated alkanes) is 2. The molecular weight excluding hydrogens is 200 g/mol. The lowest BCUT2D eigenvalue weighted by Gasteiger charge is -2.37. The van der Waals surface area contributed by atoms with Gasteiger partial charge >= 0.3 is 0 Å². The molecule has 2 atom stereocenters. The Labute approximate surface area is 99.8 Å². The fourth-order valence-electron chi connectivity index (χ4n) is 2.40. The molecule has 1 fully saturated rings. The van der Waals surface area contributed by atoms with E-state index in [9.17, 15) is 4.79 Å². The molecule has 1 rings (SSSR count). The van der Waals surface area contributed by atoms with Crippen LogP contribution in [0.1, 0.15) is 65.7 Å². The number of carbonyl (C=O) groups is 1. The molecule has 0 aromatic carbocycles. The van der Waals surface area contributed by atoms with E-state index >= 15 is 0 Å². The maximum Gasteiger partial charge on any atom is 0.136 e. The van der Waals surface area contributed by atoms with Gasteiger partial charge in [-0.2, -0.15) is 0 Å². The summed E-state index contributed by atoms with van der Waals surface area (Å²) in [5.74, 6) is 0.729. The normalized spacial score (nSPS) is 30.3. The average molecular weight is 226 g/mol. The van der Waals surface area contributed by atoms with Crippen molar-refractivity contribution in [3.63, 3.8) is 0 Å². The molecule has 0 saturated carbocycles. The number of rotatable bonds is 6. The Kier molecular flexibility index (Phi) is 5.47. The monoisotopic (exact) mass is 226 g/mol. The Hall–Kier alpha value is -0.370. The van der Waals surface area contributed by atoms with E-state index in [-0.39, 0.29) is 11.5 Å². The number of carbonyl (C=O) groups excluding carboxylic acids is 1. The molecular formula is C14H26O2. The van der Waals surface area contributed by atoms with Crippen molar-refractivity contribution in [2.24, 2.45) is 5.92 Å². The highest BCUT2D eigenvalue weighted by molar-refractivity contribution is 5.81. The average Bonchev–Trinajstić information content (AvgIpc) is 2.29. The number of Topliss-reactive ketones (excluding diaryl/α,β-unsaturated/α-hetero) is 1. The lowest BCUT2D eigenvalue weighted by Crippen LogP contribution is -2.39. The molecule has 2 heteroatoms. The van der Waals surface area contributed by atoms with Crippen molar-refractivity contribution in [1.29, 1.82) is 0 Å². The van der Waals surface area contributed by atoms with Crippen molar-refractivity contribution in [3.8, 4) is 0 Å². The van der Waals surface area contributed by atoms with Crippen molar-refractivity contribution < 1.29 is 9.53 Å². The van der Waals surface area contributed by atoms with Crippen molar-refractivity contribution in [3.05, 3.63) is 0 Å². The van der Waals surface area contributed by atoms with E-state index in [0.29, 0.717) is 5.78 Å². The standard InChI is InChI=1S/C14H26O2/c1-4-6-7-8-13(15)12-9-10-16-14(3,5-2)11-12/h12H,4-11H2,1-3H3/t12-,14-/m0/s1. The molecule has 94 valence electrons. The molecule has 0 aliphatic carbocycles. The van der Waals surface area contributed by atoms with E-state index in [1.807, 2.05) is 0 Å². The highest BCUT2D eigenvalue weighted by Gasteiger charge is 2.34. The highest BCUT2D eigenvalue weighted by Crippen LogP contribution is 2.32. The summed E-state index contributed by atoms with van der Waals surface area (Å²) < 4.78 is 5.77. The van der Waals surface area contributed by atoms with Crippen LogP contribution in [0.3, 0.4) is 0 Å². The van der Waals surface area contributed by atoms with Crippen LogP contribution in [0.2, 0.25) is 0 Å². The first-order chi connectivity index (χ1) is 7.61. The highest BCUT2D eigenvalue weighted by atomic mass is 16.5. The van der Waals surface area contributed by atoms with Crippen LogP contribution in [0.4, 0.5) is 0 Å². The molecule has 1 saturated heterocycles. The van der Waals surface area contributed by atoms with Gasteiger partial charge in [0.05, 0.1) is 5.60 Å². The first-order valence-electron chi connectivity index (χ1n) is 6.78. The van der Waals surface area contributed by atoms with Crippen molar-refractivity contribution in [2.45, 2.75) is 71.3 Å². The minimum atomic E-state index is -0.0522. The van der Waals surface area contributed by atoms with Gasteiger partial charge in [0, 0.05) is 18.9 Å². The van der Waals surface area contributed by atoms with Gasteiger partial charge in [-0.3, -0.25) is 4.79 Å². The summed E-state index contributed by atoms with van der Waals surface area (Å²) >= 11 is 0. The maximum atomic E-state index is 12.0. The second-order valence-electron chi connectivity index (χ2n) is 5.27. The van der Waals surface area contributed by atoms with E-state index in [1.54, 1.807) is 0 Å². The van der Waals surface area contributed by atoms with Crippen LogP contribution in [-0.2, 0) is 9.53 Å².